The van der Waals surface area contributed by atoms with Crippen LogP contribution in [0.3, 0.4) is 0 Å². The Morgan fingerprint density at radius 2 is 2.17 bits per heavy atom. The molecule has 1 N–H and O–H groups in total. The molecule has 12 heavy (non-hydrogen) atoms. The van der Waals surface area contributed by atoms with Crippen molar-refractivity contribution in [3.05, 3.63) is 0 Å². The monoisotopic (exact) mass is 165 g/mol. The Hall–Kier alpha value is -0.480. The van der Waals surface area contributed by atoms with E-state index in [1.165, 1.54) is 32.2 Å². The molecule has 1 heteroatoms. The van der Waals surface area contributed by atoms with Crippen LogP contribution in [0.4, 0.5) is 0 Å². The Labute approximate surface area is 75.9 Å². The highest BCUT2D eigenvalue weighted by Gasteiger charge is 2.28. The zero-order valence-corrected chi connectivity index (χ0v) is 7.97. The lowest BCUT2D eigenvalue weighted by molar-refractivity contribution is 0.161. The van der Waals surface area contributed by atoms with Gasteiger partial charge in [-0.05, 0) is 51.1 Å². The number of unbranched alkanes of at least 4 members (excludes halogenated alkanes) is 1. The van der Waals surface area contributed by atoms with Crippen molar-refractivity contribution in [3.63, 3.8) is 0 Å². The van der Waals surface area contributed by atoms with Gasteiger partial charge in [0.2, 0.25) is 0 Å². The molecule has 0 heterocycles. The molecule has 1 aliphatic carbocycles. The van der Waals surface area contributed by atoms with Crippen LogP contribution >= 0.6 is 0 Å². The van der Waals surface area contributed by atoms with Crippen molar-refractivity contribution in [2.75, 3.05) is 13.6 Å². The van der Waals surface area contributed by atoms with Gasteiger partial charge in [0.05, 0.1) is 0 Å². The summed E-state index contributed by atoms with van der Waals surface area (Å²) in [7, 11) is 2.04. The molecular weight excluding hydrogens is 146 g/mol. The zero-order valence-electron chi connectivity index (χ0n) is 7.97. The van der Waals surface area contributed by atoms with E-state index in [1.54, 1.807) is 0 Å². The Morgan fingerprint density at radius 3 is 2.67 bits per heavy atom. The second-order valence-electron chi connectivity index (χ2n) is 3.75. The van der Waals surface area contributed by atoms with Crippen molar-refractivity contribution < 1.29 is 0 Å². The lowest BCUT2D eigenvalue weighted by Gasteiger charge is -2.36. The molecule has 68 valence electrons. The summed E-state index contributed by atoms with van der Waals surface area (Å²) in [4.78, 5) is 0. The molecule has 2 unspecified atom stereocenters. The van der Waals surface area contributed by atoms with E-state index in [1.807, 2.05) is 7.05 Å². The van der Waals surface area contributed by atoms with Crippen LogP contribution in [0, 0.1) is 24.2 Å². The molecule has 1 saturated carbocycles. The zero-order chi connectivity index (χ0) is 8.81. The molecule has 0 spiro atoms. The number of terminal acetylenes is 1. The molecular formula is C11H19N. The summed E-state index contributed by atoms with van der Waals surface area (Å²) in [6.45, 7) is 1.20. The molecule has 0 bridgehead atoms. The molecule has 0 aliphatic heterocycles. The third-order valence-corrected chi connectivity index (χ3v) is 2.94. The normalized spacial score (nSPS) is 27.7. The molecule has 0 aromatic rings. The fourth-order valence-corrected chi connectivity index (χ4v) is 2.02. The van der Waals surface area contributed by atoms with Crippen LogP contribution in [0.1, 0.15) is 32.1 Å². The molecule has 0 radical (unpaired) electrons. The summed E-state index contributed by atoms with van der Waals surface area (Å²) in [5.74, 6) is 4.60. The van der Waals surface area contributed by atoms with Crippen LogP contribution in [-0.2, 0) is 0 Å². The van der Waals surface area contributed by atoms with Gasteiger partial charge in [-0.3, -0.25) is 0 Å². The van der Waals surface area contributed by atoms with Crippen molar-refractivity contribution in [2.24, 2.45) is 11.8 Å². The van der Waals surface area contributed by atoms with Crippen LogP contribution in [-0.4, -0.2) is 13.6 Å². The second-order valence-corrected chi connectivity index (χ2v) is 3.75. The first kappa shape index (κ1) is 9.61. The molecule has 2 atom stereocenters. The highest BCUT2D eigenvalue weighted by Crippen LogP contribution is 2.37. The van der Waals surface area contributed by atoms with Crippen LogP contribution in [0.5, 0.6) is 0 Å². The second kappa shape index (κ2) is 5.22. The maximum atomic E-state index is 5.21. The first-order valence-electron chi connectivity index (χ1n) is 4.96. The summed E-state index contributed by atoms with van der Waals surface area (Å²) in [6, 6.07) is 0. The molecule has 0 aromatic carbocycles. The predicted octanol–water partition coefficient (Wildman–Crippen LogP) is 2.04. The smallest absolute Gasteiger partial charge is 0.00861 e. The number of hydrogen-bond acceptors (Lipinski definition) is 1. The van der Waals surface area contributed by atoms with E-state index in [0.29, 0.717) is 0 Å². The van der Waals surface area contributed by atoms with Gasteiger partial charge in [-0.2, -0.15) is 0 Å². The maximum Gasteiger partial charge on any atom is 0.00861 e. The Balaban J connectivity index is 2.05. The average molecular weight is 165 g/mol. The van der Waals surface area contributed by atoms with Crippen LogP contribution in [0.15, 0.2) is 0 Å². The minimum absolute atomic E-state index is 0.938. The van der Waals surface area contributed by atoms with Crippen molar-refractivity contribution >= 4 is 0 Å². The fraction of sp³-hybridized carbons (Fsp3) is 0.818. The van der Waals surface area contributed by atoms with Gasteiger partial charge in [-0.25, -0.2) is 0 Å². The summed E-state index contributed by atoms with van der Waals surface area (Å²) in [5.41, 5.74) is 0. The van der Waals surface area contributed by atoms with Gasteiger partial charge >= 0.3 is 0 Å². The largest absolute Gasteiger partial charge is 0.319 e. The van der Waals surface area contributed by atoms with E-state index in [0.717, 1.165) is 18.3 Å². The van der Waals surface area contributed by atoms with Crippen molar-refractivity contribution in [1.29, 1.82) is 0 Å². The van der Waals surface area contributed by atoms with Gasteiger partial charge in [-0.1, -0.05) is 0 Å². The van der Waals surface area contributed by atoms with Gasteiger partial charge in [-0.15, -0.1) is 12.3 Å². The van der Waals surface area contributed by atoms with Gasteiger partial charge in [0.1, 0.15) is 0 Å². The predicted molar refractivity (Wildman–Crippen MR) is 52.8 cm³/mol. The van der Waals surface area contributed by atoms with E-state index in [4.69, 9.17) is 6.42 Å². The van der Waals surface area contributed by atoms with Gasteiger partial charge < -0.3 is 5.32 Å². The van der Waals surface area contributed by atoms with Gasteiger partial charge in [0, 0.05) is 6.42 Å². The first-order chi connectivity index (χ1) is 5.88. The highest BCUT2D eigenvalue weighted by atomic mass is 14.8. The molecule has 1 nitrogen and oxygen atoms in total. The van der Waals surface area contributed by atoms with Gasteiger partial charge in [0.25, 0.3) is 0 Å². The maximum absolute atomic E-state index is 5.21. The quantitative estimate of drug-likeness (QED) is 0.485. The molecule has 1 aliphatic rings. The number of hydrogen-bond donors (Lipinski definition) is 1. The van der Waals surface area contributed by atoms with E-state index in [2.05, 4.69) is 11.2 Å². The Bertz CT molecular complexity index is 157. The average Bonchev–Trinajstić information content (AvgIpc) is 2.06. The summed E-state index contributed by atoms with van der Waals surface area (Å²) >= 11 is 0. The summed E-state index contributed by atoms with van der Waals surface area (Å²) in [6.07, 6.45) is 11.6. The summed E-state index contributed by atoms with van der Waals surface area (Å²) in [5, 5.41) is 3.25. The number of rotatable bonds is 5. The summed E-state index contributed by atoms with van der Waals surface area (Å²) < 4.78 is 0. The molecule has 0 saturated heterocycles. The van der Waals surface area contributed by atoms with Gasteiger partial charge in [0.15, 0.2) is 0 Å². The van der Waals surface area contributed by atoms with E-state index >= 15 is 0 Å². The highest BCUT2D eigenvalue weighted by molar-refractivity contribution is 4.86. The minimum atomic E-state index is 0.938. The topological polar surface area (TPSA) is 12.0 Å². The lowest BCUT2D eigenvalue weighted by Crippen LogP contribution is -2.33. The van der Waals surface area contributed by atoms with Crippen molar-refractivity contribution in [3.8, 4) is 12.3 Å². The minimum Gasteiger partial charge on any atom is -0.319 e. The first-order valence-corrected chi connectivity index (χ1v) is 4.96. The van der Waals surface area contributed by atoms with E-state index in [9.17, 15) is 0 Å². The standard InChI is InChI=1S/C11H19N/c1-3-4-5-6-10-7-8-11(10)9-12-2/h1,10-12H,4-9H2,2H3. The van der Waals surface area contributed by atoms with E-state index in [-0.39, 0.29) is 0 Å². The van der Waals surface area contributed by atoms with Crippen molar-refractivity contribution in [1.82, 2.24) is 5.32 Å². The van der Waals surface area contributed by atoms with E-state index < -0.39 is 0 Å². The molecule has 1 rings (SSSR count). The molecule has 1 fully saturated rings. The lowest BCUT2D eigenvalue weighted by atomic mass is 9.71. The Morgan fingerprint density at radius 1 is 1.42 bits per heavy atom. The number of nitrogens with one attached hydrogen (secondary N) is 1. The SMILES string of the molecule is C#CCCCC1CCC1CNC. The third kappa shape index (κ3) is 2.53. The van der Waals surface area contributed by atoms with Crippen LogP contribution < -0.4 is 5.32 Å². The van der Waals surface area contributed by atoms with Crippen molar-refractivity contribution in [2.45, 2.75) is 32.1 Å². The van der Waals surface area contributed by atoms with Crippen LogP contribution in [0.25, 0.3) is 0 Å². The molecule has 0 aromatic heterocycles. The fourth-order valence-electron chi connectivity index (χ4n) is 2.02. The van der Waals surface area contributed by atoms with Crippen LogP contribution in [0.2, 0.25) is 0 Å². The molecule has 0 amide bonds. The Kier molecular flexibility index (Phi) is 4.18. The third-order valence-electron chi connectivity index (χ3n) is 2.94.